The van der Waals surface area contributed by atoms with Crippen LogP contribution in [0.4, 0.5) is 0 Å². The second kappa shape index (κ2) is 8.48. The Labute approximate surface area is 164 Å². The lowest BCUT2D eigenvalue weighted by atomic mass is 10.1. The summed E-state index contributed by atoms with van der Waals surface area (Å²) in [6, 6.07) is 10.7. The van der Waals surface area contributed by atoms with Crippen LogP contribution in [-0.4, -0.2) is 39.2 Å². The zero-order valence-electron chi connectivity index (χ0n) is 13.7. The molecule has 26 heavy (non-hydrogen) atoms. The van der Waals surface area contributed by atoms with Crippen molar-refractivity contribution >= 4 is 57.5 Å². The van der Waals surface area contributed by atoms with Gasteiger partial charge in [-0.15, -0.1) is 11.3 Å². The minimum absolute atomic E-state index is 0.0813. The number of thioether (sulfide) groups is 1. The molecule has 1 aromatic heterocycles. The topological polar surface area (TPSA) is 69.6 Å². The van der Waals surface area contributed by atoms with Crippen molar-refractivity contribution in [1.29, 1.82) is 0 Å². The van der Waals surface area contributed by atoms with Crippen molar-refractivity contribution in [2.45, 2.75) is 6.42 Å². The molecule has 5 nitrogen and oxygen atoms in total. The van der Waals surface area contributed by atoms with Crippen LogP contribution >= 0.6 is 35.3 Å². The van der Waals surface area contributed by atoms with Crippen molar-refractivity contribution in [3.8, 4) is 5.75 Å². The van der Waals surface area contributed by atoms with Gasteiger partial charge in [-0.25, -0.2) is 0 Å². The SMILES string of the molecule is O=C(CN1C(=O)/C(=C\c2cccs2)SC1=S)NCCc1ccc(O)cc1. The smallest absolute Gasteiger partial charge is 0.266 e. The predicted molar refractivity (Wildman–Crippen MR) is 109 cm³/mol. The number of rotatable bonds is 6. The average Bonchev–Trinajstić information content (AvgIpc) is 3.21. The zero-order chi connectivity index (χ0) is 18.5. The van der Waals surface area contributed by atoms with Gasteiger partial charge in [0.25, 0.3) is 5.91 Å². The monoisotopic (exact) mass is 404 g/mol. The van der Waals surface area contributed by atoms with E-state index in [-0.39, 0.29) is 24.1 Å². The number of amides is 2. The summed E-state index contributed by atoms with van der Waals surface area (Å²) in [5.74, 6) is -0.276. The first-order valence-corrected chi connectivity index (χ1v) is 9.97. The summed E-state index contributed by atoms with van der Waals surface area (Å²) < 4.78 is 0.395. The quantitative estimate of drug-likeness (QED) is 0.572. The van der Waals surface area contributed by atoms with Crippen LogP contribution in [0.15, 0.2) is 46.7 Å². The third-order valence-electron chi connectivity index (χ3n) is 3.66. The van der Waals surface area contributed by atoms with Crippen LogP contribution in [0.25, 0.3) is 6.08 Å². The maximum Gasteiger partial charge on any atom is 0.266 e. The van der Waals surface area contributed by atoms with Gasteiger partial charge in [0.05, 0.1) is 4.91 Å². The van der Waals surface area contributed by atoms with E-state index in [1.54, 1.807) is 30.3 Å². The zero-order valence-corrected chi connectivity index (χ0v) is 16.1. The highest BCUT2D eigenvalue weighted by atomic mass is 32.2. The number of aromatic hydroxyl groups is 1. The second-order valence-electron chi connectivity index (χ2n) is 5.55. The lowest BCUT2D eigenvalue weighted by Gasteiger charge is -2.14. The number of nitrogens with zero attached hydrogens (tertiary/aromatic N) is 1. The minimum Gasteiger partial charge on any atom is -0.508 e. The third kappa shape index (κ3) is 4.72. The van der Waals surface area contributed by atoms with Gasteiger partial charge < -0.3 is 10.4 Å². The van der Waals surface area contributed by atoms with Gasteiger partial charge in [0, 0.05) is 11.4 Å². The Morgan fingerprint density at radius 2 is 2.04 bits per heavy atom. The molecule has 0 spiro atoms. The van der Waals surface area contributed by atoms with Crippen LogP contribution in [0, 0.1) is 0 Å². The van der Waals surface area contributed by atoms with Crippen molar-refractivity contribution < 1.29 is 14.7 Å². The van der Waals surface area contributed by atoms with Crippen LogP contribution in [0.3, 0.4) is 0 Å². The van der Waals surface area contributed by atoms with E-state index in [1.165, 1.54) is 28.0 Å². The second-order valence-corrected chi connectivity index (χ2v) is 8.20. The van der Waals surface area contributed by atoms with E-state index in [0.29, 0.717) is 22.2 Å². The molecule has 0 unspecified atom stereocenters. The van der Waals surface area contributed by atoms with Gasteiger partial charge in [0.2, 0.25) is 5.91 Å². The van der Waals surface area contributed by atoms with Gasteiger partial charge in [-0.2, -0.15) is 0 Å². The summed E-state index contributed by atoms with van der Waals surface area (Å²) in [6.45, 7) is 0.367. The summed E-state index contributed by atoms with van der Waals surface area (Å²) in [7, 11) is 0. The van der Waals surface area contributed by atoms with Crippen LogP contribution < -0.4 is 5.32 Å². The van der Waals surface area contributed by atoms with Gasteiger partial charge in [0.15, 0.2) is 0 Å². The average molecular weight is 405 g/mol. The van der Waals surface area contributed by atoms with Crippen molar-refractivity contribution in [2.24, 2.45) is 0 Å². The summed E-state index contributed by atoms with van der Waals surface area (Å²) in [5.41, 5.74) is 1.01. The summed E-state index contributed by atoms with van der Waals surface area (Å²) in [5, 5.41) is 14.0. The molecule has 0 aliphatic carbocycles. The lowest BCUT2D eigenvalue weighted by Crippen LogP contribution is -2.40. The van der Waals surface area contributed by atoms with Crippen molar-refractivity contribution in [2.75, 3.05) is 13.1 Å². The van der Waals surface area contributed by atoms with Crippen LogP contribution in [0.5, 0.6) is 5.75 Å². The number of thiocarbonyl (C=S) groups is 1. The Hall–Kier alpha value is -2.16. The maximum absolute atomic E-state index is 12.5. The van der Waals surface area contributed by atoms with Gasteiger partial charge in [-0.05, 0) is 41.6 Å². The molecule has 2 amide bonds. The summed E-state index contributed by atoms with van der Waals surface area (Å²) in [4.78, 5) is 27.4. The van der Waals surface area contributed by atoms with E-state index < -0.39 is 0 Å². The molecule has 134 valence electrons. The molecule has 0 saturated carbocycles. The van der Waals surface area contributed by atoms with Crippen molar-refractivity contribution in [3.63, 3.8) is 0 Å². The Bertz CT molecular complexity index is 845. The predicted octanol–water partition coefficient (Wildman–Crippen LogP) is 3.01. The number of nitrogens with one attached hydrogen (secondary N) is 1. The molecule has 0 bridgehead atoms. The third-order valence-corrected chi connectivity index (χ3v) is 5.86. The van der Waals surface area contributed by atoms with Crippen LogP contribution in [0.1, 0.15) is 10.4 Å². The molecule has 2 N–H and O–H groups in total. The van der Waals surface area contributed by atoms with Crippen molar-refractivity contribution in [3.05, 3.63) is 57.1 Å². The first-order valence-electron chi connectivity index (χ1n) is 7.86. The van der Waals surface area contributed by atoms with E-state index >= 15 is 0 Å². The van der Waals surface area contributed by atoms with Gasteiger partial charge in [-0.1, -0.05) is 42.2 Å². The Morgan fingerprint density at radius 1 is 1.27 bits per heavy atom. The van der Waals surface area contributed by atoms with E-state index in [9.17, 15) is 14.7 Å². The lowest BCUT2D eigenvalue weighted by molar-refractivity contribution is -0.128. The molecule has 8 heteroatoms. The van der Waals surface area contributed by atoms with Crippen molar-refractivity contribution in [1.82, 2.24) is 10.2 Å². The number of phenolic OH excluding ortho intramolecular Hbond substituents is 1. The molecule has 1 aliphatic heterocycles. The molecule has 2 heterocycles. The van der Waals surface area contributed by atoms with E-state index in [4.69, 9.17) is 12.2 Å². The molecule has 3 rings (SSSR count). The highest BCUT2D eigenvalue weighted by molar-refractivity contribution is 8.26. The summed E-state index contributed by atoms with van der Waals surface area (Å²) >= 11 is 7.99. The number of thiophene rings is 1. The number of hydrogen-bond acceptors (Lipinski definition) is 6. The number of carbonyl (C=O) groups excluding carboxylic acids is 2. The molecule has 0 atom stereocenters. The number of hydrogen-bond donors (Lipinski definition) is 2. The highest BCUT2D eigenvalue weighted by Gasteiger charge is 2.33. The van der Waals surface area contributed by atoms with E-state index in [0.717, 1.165) is 10.4 Å². The number of benzene rings is 1. The van der Waals surface area contributed by atoms with E-state index in [1.807, 2.05) is 17.5 Å². The molecule has 0 radical (unpaired) electrons. The molecular formula is C18H16N2O3S3. The largest absolute Gasteiger partial charge is 0.508 e. The number of phenols is 1. The molecule has 1 aromatic carbocycles. The maximum atomic E-state index is 12.5. The van der Waals surface area contributed by atoms with E-state index in [2.05, 4.69) is 5.32 Å². The van der Waals surface area contributed by atoms with Crippen LogP contribution in [0.2, 0.25) is 0 Å². The summed E-state index contributed by atoms with van der Waals surface area (Å²) in [6.07, 6.45) is 2.44. The van der Waals surface area contributed by atoms with Crippen LogP contribution in [-0.2, 0) is 16.0 Å². The fourth-order valence-corrected chi connectivity index (χ4v) is 4.33. The minimum atomic E-state index is -0.252. The molecular weight excluding hydrogens is 388 g/mol. The Morgan fingerprint density at radius 3 is 2.73 bits per heavy atom. The fourth-order valence-electron chi connectivity index (χ4n) is 2.35. The number of carbonyl (C=O) groups is 2. The Kier molecular flexibility index (Phi) is 6.08. The normalized spacial score (nSPS) is 15.7. The van der Waals surface area contributed by atoms with Gasteiger partial charge in [0.1, 0.15) is 16.6 Å². The van der Waals surface area contributed by atoms with Gasteiger partial charge in [-0.3, -0.25) is 14.5 Å². The molecule has 1 aliphatic rings. The Balaban J connectivity index is 1.51. The first-order chi connectivity index (χ1) is 12.5. The molecule has 1 fully saturated rings. The standard InChI is InChI=1S/C18H16N2O3S3/c21-13-5-3-12(4-6-13)7-8-19-16(22)11-20-17(23)15(26-18(20)24)10-14-2-1-9-25-14/h1-6,9-10,21H,7-8,11H2,(H,19,22)/b15-10+. The van der Waals surface area contributed by atoms with Gasteiger partial charge >= 0.3 is 0 Å². The highest BCUT2D eigenvalue weighted by Crippen LogP contribution is 2.32. The molecule has 2 aromatic rings. The molecule has 1 saturated heterocycles. The fraction of sp³-hybridized carbons (Fsp3) is 0.167. The first kappa shape index (κ1) is 18.6.